The van der Waals surface area contributed by atoms with Gasteiger partial charge in [-0.25, -0.2) is 9.59 Å². The summed E-state index contributed by atoms with van der Waals surface area (Å²) in [6, 6.07) is 0. The lowest BCUT2D eigenvalue weighted by Crippen LogP contribution is -2.62. The quantitative estimate of drug-likeness (QED) is 0.564. The lowest BCUT2D eigenvalue weighted by atomic mass is 9.46. The molecule has 0 amide bonds. The average molecular weight is 475 g/mol. The van der Waals surface area contributed by atoms with Gasteiger partial charge in [-0.1, -0.05) is 25.5 Å². The molecule has 3 fully saturated rings. The third-order valence-corrected chi connectivity index (χ3v) is 8.74. The summed E-state index contributed by atoms with van der Waals surface area (Å²) in [5, 5.41) is 0. The Labute approximate surface area is 197 Å². The third-order valence-electron chi connectivity index (χ3n) is 8.74. The predicted molar refractivity (Wildman–Crippen MR) is 117 cm³/mol. The number of fused-ring (bicyclic) bond motifs is 5. The van der Waals surface area contributed by atoms with Crippen LogP contribution in [0.5, 0.6) is 0 Å². The fraction of sp³-hybridized carbons (Fsp3) is 0.640. The maximum atomic E-state index is 13.8. The second kappa shape index (κ2) is 8.36. The van der Waals surface area contributed by atoms with Crippen molar-refractivity contribution in [3.05, 3.63) is 23.8 Å². The highest BCUT2D eigenvalue weighted by Crippen LogP contribution is 2.67. The van der Waals surface area contributed by atoms with Gasteiger partial charge in [0.05, 0.1) is 14.2 Å². The van der Waals surface area contributed by atoms with Crippen molar-refractivity contribution in [1.82, 2.24) is 0 Å². The summed E-state index contributed by atoms with van der Waals surface area (Å²) in [7, 11) is 2.27. The number of ether oxygens (including phenoxy) is 4. The molecule has 4 rings (SSSR count). The molecule has 0 aromatic rings. The molecule has 6 atom stereocenters. The van der Waals surface area contributed by atoms with Crippen LogP contribution in [0.2, 0.25) is 0 Å². The van der Waals surface area contributed by atoms with Crippen molar-refractivity contribution in [1.29, 1.82) is 0 Å². The fourth-order valence-electron chi connectivity index (χ4n) is 7.18. The van der Waals surface area contributed by atoms with Gasteiger partial charge in [0, 0.05) is 23.2 Å². The predicted octanol–water partition coefficient (Wildman–Crippen LogP) is 3.35. The molecule has 0 bridgehead atoms. The average Bonchev–Trinajstić information content (AvgIpc) is 3.09. The van der Waals surface area contributed by atoms with E-state index in [0.717, 1.165) is 19.8 Å². The Morgan fingerprint density at radius 1 is 1.06 bits per heavy atom. The summed E-state index contributed by atoms with van der Waals surface area (Å²) in [6.45, 7) is 3.16. The largest absolute Gasteiger partial charge is 0.509 e. The Morgan fingerprint density at radius 2 is 1.76 bits per heavy atom. The van der Waals surface area contributed by atoms with Crippen molar-refractivity contribution in [3.8, 4) is 0 Å². The van der Waals surface area contributed by atoms with E-state index in [1.54, 1.807) is 6.08 Å². The summed E-state index contributed by atoms with van der Waals surface area (Å²) < 4.78 is 19.7. The van der Waals surface area contributed by atoms with Gasteiger partial charge >= 0.3 is 12.3 Å². The number of rotatable bonds is 4. The van der Waals surface area contributed by atoms with E-state index >= 15 is 0 Å². The van der Waals surface area contributed by atoms with Gasteiger partial charge in [0.25, 0.3) is 0 Å². The van der Waals surface area contributed by atoms with Gasteiger partial charge in [-0.15, -0.1) is 0 Å². The third kappa shape index (κ3) is 3.39. The zero-order valence-corrected chi connectivity index (χ0v) is 19.9. The lowest BCUT2D eigenvalue weighted by molar-refractivity contribution is -0.173. The van der Waals surface area contributed by atoms with Crippen LogP contribution in [-0.2, 0) is 33.3 Å². The zero-order chi connectivity index (χ0) is 24.9. The molecule has 0 spiro atoms. The van der Waals surface area contributed by atoms with Crippen molar-refractivity contribution in [2.75, 3.05) is 20.8 Å². The minimum absolute atomic E-state index is 0.0183. The first-order chi connectivity index (χ1) is 16.0. The van der Waals surface area contributed by atoms with E-state index in [-0.39, 0.29) is 42.2 Å². The van der Waals surface area contributed by atoms with Gasteiger partial charge in [-0.2, -0.15) is 0 Å². The van der Waals surface area contributed by atoms with Gasteiger partial charge in [0.1, 0.15) is 5.78 Å². The van der Waals surface area contributed by atoms with Gasteiger partial charge in [-0.05, 0) is 49.7 Å². The van der Waals surface area contributed by atoms with Crippen LogP contribution < -0.4 is 0 Å². The molecule has 0 aliphatic heterocycles. The van der Waals surface area contributed by atoms with Crippen LogP contribution in [-0.4, -0.2) is 56.1 Å². The highest BCUT2D eigenvalue weighted by atomic mass is 16.7. The van der Waals surface area contributed by atoms with E-state index in [2.05, 4.69) is 4.74 Å². The first-order valence-electron chi connectivity index (χ1n) is 11.5. The van der Waals surface area contributed by atoms with Gasteiger partial charge in [-0.3, -0.25) is 14.4 Å². The second-order valence-corrected chi connectivity index (χ2v) is 10.1. The van der Waals surface area contributed by atoms with E-state index in [9.17, 15) is 24.0 Å². The molecule has 0 N–H and O–H groups in total. The van der Waals surface area contributed by atoms with E-state index in [4.69, 9.17) is 14.2 Å². The van der Waals surface area contributed by atoms with Crippen LogP contribution in [0.1, 0.15) is 46.0 Å². The molecule has 9 heteroatoms. The molecule has 0 radical (unpaired) electrons. The van der Waals surface area contributed by atoms with Crippen molar-refractivity contribution < 1.29 is 42.9 Å². The summed E-state index contributed by atoms with van der Waals surface area (Å²) in [6.07, 6.45) is 5.11. The topological polar surface area (TPSA) is 122 Å². The normalized spacial score (nSPS) is 38.1. The van der Waals surface area contributed by atoms with Crippen molar-refractivity contribution in [2.24, 2.45) is 28.6 Å². The Hall–Kier alpha value is -2.97. The number of hydrogen-bond acceptors (Lipinski definition) is 9. The monoisotopic (exact) mass is 474 g/mol. The Bertz CT molecular complexity index is 1010. The van der Waals surface area contributed by atoms with E-state index in [1.807, 2.05) is 19.9 Å². The zero-order valence-electron chi connectivity index (χ0n) is 19.9. The van der Waals surface area contributed by atoms with Crippen LogP contribution >= 0.6 is 0 Å². The summed E-state index contributed by atoms with van der Waals surface area (Å²) in [5.41, 5.74) is -2.26. The molecule has 0 saturated heterocycles. The van der Waals surface area contributed by atoms with Gasteiger partial charge in [0.2, 0.25) is 5.78 Å². The number of carbonyl (C=O) groups is 5. The standard InChI is InChI=1S/C25H30O9/c1-23-9-7-15(26)11-14(23)5-6-16-17-8-10-25(34-22(30)32-4,19(28)13-33-21(29)31-3)24(17,2)12-18(27)20(16)23/h7,9,11,16-17,20H,5-6,8,10,12-13H2,1-4H3/t16-,17-,20+,23-,24-,25-/m0/s1. The molecule has 9 nitrogen and oxygen atoms in total. The number of allylic oxidation sites excluding steroid dienone is 4. The maximum Gasteiger partial charge on any atom is 0.509 e. The minimum Gasteiger partial charge on any atom is -0.438 e. The first-order valence-corrected chi connectivity index (χ1v) is 11.5. The fourth-order valence-corrected chi connectivity index (χ4v) is 7.18. The summed E-state index contributed by atoms with van der Waals surface area (Å²) in [5.74, 6) is -1.18. The summed E-state index contributed by atoms with van der Waals surface area (Å²) in [4.78, 5) is 62.9. The SMILES string of the molecule is COC(=O)OCC(=O)[C@@]1(OC(=O)OC)CC[C@H]2[C@@H]3CCC4=CC(=O)C=C[C@]4(C)[C@H]3C(=O)C[C@@]21C. The molecule has 0 aromatic carbocycles. The molecule has 34 heavy (non-hydrogen) atoms. The van der Waals surface area contributed by atoms with Crippen molar-refractivity contribution in [2.45, 2.75) is 51.6 Å². The van der Waals surface area contributed by atoms with Crippen LogP contribution in [0, 0.1) is 28.6 Å². The number of Topliss-reactive ketones (excluding diaryl/α,β-unsaturated/α-hetero) is 2. The molecular weight excluding hydrogens is 444 g/mol. The second-order valence-electron chi connectivity index (χ2n) is 10.1. The first kappa shape index (κ1) is 24.2. The molecular formula is C25H30O9. The summed E-state index contributed by atoms with van der Waals surface area (Å²) >= 11 is 0. The van der Waals surface area contributed by atoms with E-state index < -0.39 is 41.1 Å². The molecule has 4 aliphatic rings. The van der Waals surface area contributed by atoms with Gasteiger partial charge < -0.3 is 18.9 Å². The minimum atomic E-state index is -1.67. The lowest BCUT2D eigenvalue weighted by Gasteiger charge is -2.57. The smallest absolute Gasteiger partial charge is 0.438 e. The van der Waals surface area contributed by atoms with Crippen LogP contribution in [0.4, 0.5) is 9.59 Å². The molecule has 0 unspecified atom stereocenters. The van der Waals surface area contributed by atoms with Gasteiger partial charge in [0.15, 0.2) is 18.0 Å². The van der Waals surface area contributed by atoms with E-state index in [1.165, 1.54) is 6.08 Å². The number of carbonyl (C=O) groups excluding carboxylic acids is 5. The number of ketones is 3. The molecule has 0 heterocycles. The van der Waals surface area contributed by atoms with Crippen LogP contribution in [0.25, 0.3) is 0 Å². The number of hydrogen-bond donors (Lipinski definition) is 0. The molecule has 0 aromatic heterocycles. The van der Waals surface area contributed by atoms with Crippen LogP contribution in [0.15, 0.2) is 23.8 Å². The number of methoxy groups -OCH3 is 2. The Kier molecular flexibility index (Phi) is 5.94. The Morgan fingerprint density at radius 3 is 2.44 bits per heavy atom. The van der Waals surface area contributed by atoms with E-state index in [0.29, 0.717) is 19.3 Å². The molecule has 4 aliphatic carbocycles. The van der Waals surface area contributed by atoms with Crippen LogP contribution in [0.3, 0.4) is 0 Å². The highest BCUT2D eigenvalue weighted by molar-refractivity contribution is 6.02. The highest BCUT2D eigenvalue weighted by Gasteiger charge is 2.70. The maximum absolute atomic E-state index is 13.8. The molecule has 184 valence electrons. The van der Waals surface area contributed by atoms with Crippen molar-refractivity contribution >= 4 is 29.7 Å². The Balaban J connectivity index is 1.72. The molecule has 3 saturated carbocycles. The van der Waals surface area contributed by atoms with Crippen molar-refractivity contribution in [3.63, 3.8) is 0 Å².